The van der Waals surface area contributed by atoms with E-state index in [0.29, 0.717) is 23.4 Å². The molecule has 1 atom stereocenters. The Labute approximate surface area is 141 Å². The number of aryl methyl sites for hydroxylation is 1. The molecule has 0 spiro atoms. The minimum Gasteiger partial charge on any atom is -0.469 e. The van der Waals surface area contributed by atoms with Crippen LogP contribution in [0.2, 0.25) is 0 Å². The third-order valence-electron chi connectivity index (χ3n) is 3.56. The van der Waals surface area contributed by atoms with E-state index in [-0.39, 0.29) is 23.2 Å². The van der Waals surface area contributed by atoms with Crippen LogP contribution < -0.4 is 4.72 Å². The van der Waals surface area contributed by atoms with Gasteiger partial charge in [0.1, 0.15) is 16.3 Å². The van der Waals surface area contributed by atoms with Crippen molar-refractivity contribution < 1.29 is 22.4 Å². The number of furan rings is 1. The number of nitrogens with one attached hydrogen (secondary N) is 2. The maximum atomic E-state index is 12.7. The summed E-state index contributed by atoms with van der Waals surface area (Å²) in [5, 5.41) is 0. The lowest BCUT2D eigenvalue weighted by atomic mass is 10.2. The Morgan fingerprint density at radius 2 is 2.12 bits per heavy atom. The molecule has 2 N–H and O–H groups in total. The van der Waals surface area contributed by atoms with Gasteiger partial charge in [0.15, 0.2) is 0 Å². The number of carbonyl (C=O) groups excluding carboxylic acids is 1. The fourth-order valence-electron chi connectivity index (χ4n) is 2.64. The zero-order valence-corrected chi connectivity index (χ0v) is 15.0. The van der Waals surface area contributed by atoms with Gasteiger partial charge in [0.2, 0.25) is 10.0 Å². The topological polar surface area (TPSA) is 101 Å². The van der Waals surface area contributed by atoms with Crippen molar-refractivity contribution in [3.05, 3.63) is 41.1 Å². The van der Waals surface area contributed by atoms with Gasteiger partial charge in [-0.15, -0.1) is 0 Å². The molecular weight excluding hydrogens is 332 g/mol. The largest absolute Gasteiger partial charge is 0.469 e. The average Bonchev–Trinajstić information content (AvgIpc) is 3.06. The number of ether oxygens (including phenoxy) is 1. The molecule has 0 amide bonds. The van der Waals surface area contributed by atoms with E-state index in [1.165, 1.54) is 0 Å². The molecule has 0 saturated heterocycles. The molecule has 2 rings (SSSR count). The zero-order valence-electron chi connectivity index (χ0n) is 14.2. The van der Waals surface area contributed by atoms with E-state index in [2.05, 4.69) is 9.71 Å². The number of hydrogen-bond donors (Lipinski definition) is 2. The molecule has 0 fully saturated rings. The first kappa shape index (κ1) is 18.3. The van der Waals surface area contributed by atoms with Gasteiger partial charge in [-0.2, -0.15) is 0 Å². The Balaban J connectivity index is 2.24. The molecular formula is C16H22N2O5S. The zero-order chi connectivity index (χ0) is 17.9. The SMILES string of the molecule is CCOC(=O)c1[nH]c(C)c(S(=O)(=O)N[C@H](C)Cc2ccco2)c1C. The van der Waals surface area contributed by atoms with Crippen LogP contribution in [0, 0.1) is 13.8 Å². The maximum Gasteiger partial charge on any atom is 0.355 e. The number of hydrogen-bond acceptors (Lipinski definition) is 5. The second-order valence-corrected chi connectivity index (χ2v) is 7.26. The number of sulfonamides is 1. The van der Waals surface area contributed by atoms with Gasteiger partial charge in [-0.1, -0.05) is 0 Å². The van der Waals surface area contributed by atoms with E-state index in [1.807, 2.05) is 0 Å². The molecule has 132 valence electrons. The lowest BCUT2D eigenvalue weighted by Gasteiger charge is -2.13. The molecule has 24 heavy (non-hydrogen) atoms. The molecule has 8 heteroatoms. The molecule has 2 aromatic heterocycles. The third-order valence-corrected chi connectivity index (χ3v) is 5.42. The molecule has 0 aliphatic rings. The van der Waals surface area contributed by atoms with Gasteiger partial charge in [0.25, 0.3) is 0 Å². The average molecular weight is 354 g/mol. The van der Waals surface area contributed by atoms with E-state index in [0.717, 1.165) is 0 Å². The van der Waals surface area contributed by atoms with Gasteiger partial charge >= 0.3 is 5.97 Å². The van der Waals surface area contributed by atoms with Crippen LogP contribution in [0.25, 0.3) is 0 Å². The Hall–Kier alpha value is -2.06. The molecule has 0 aliphatic carbocycles. The number of aromatic amines is 1. The van der Waals surface area contributed by atoms with Crippen LogP contribution in [0.15, 0.2) is 27.7 Å². The standard InChI is InChI=1S/C16H22N2O5S/c1-5-22-16(19)14-11(3)15(12(4)17-14)24(20,21)18-10(2)9-13-7-6-8-23-13/h6-8,10,17-18H,5,9H2,1-4H3/t10-/m1/s1. The Bertz CT molecular complexity index is 806. The van der Waals surface area contributed by atoms with Crippen molar-refractivity contribution in [3.8, 4) is 0 Å². The molecule has 0 saturated carbocycles. The van der Waals surface area contributed by atoms with Crippen LogP contribution in [-0.2, 0) is 21.2 Å². The minimum atomic E-state index is -3.78. The first-order valence-electron chi connectivity index (χ1n) is 7.67. The Morgan fingerprint density at radius 1 is 1.42 bits per heavy atom. The third kappa shape index (κ3) is 3.88. The van der Waals surface area contributed by atoms with Crippen LogP contribution in [0.5, 0.6) is 0 Å². The van der Waals surface area contributed by atoms with Crippen LogP contribution in [-0.4, -0.2) is 32.0 Å². The van der Waals surface area contributed by atoms with Crippen molar-refractivity contribution in [1.82, 2.24) is 9.71 Å². The molecule has 2 aromatic rings. The fraction of sp³-hybridized carbons (Fsp3) is 0.438. The Morgan fingerprint density at radius 3 is 2.71 bits per heavy atom. The van der Waals surface area contributed by atoms with Crippen molar-refractivity contribution in [1.29, 1.82) is 0 Å². The van der Waals surface area contributed by atoms with E-state index in [1.54, 1.807) is 46.1 Å². The summed E-state index contributed by atoms with van der Waals surface area (Å²) in [6.45, 7) is 6.86. The van der Waals surface area contributed by atoms with Gasteiger partial charge < -0.3 is 14.1 Å². The molecule has 2 heterocycles. The smallest absolute Gasteiger partial charge is 0.355 e. The van der Waals surface area contributed by atoms with Gasteiger partial charge in [-0.3, -0.25) is 0 Å². The van der Waals surface area contributed by atoms with Gasteiger partial charge in [-0.25, -0.2) is 17.9 Å². The van der Waals surface area contributed by atoms with E-state index >= 15 is 0 Å². The highest BCUT2D eigenvalue weighted by molar-refractivity contribution is 7.89. The summed E-state index contributed by atoms with van der Waals surface area (Å²) in [4.78, 5) is 14.8. The first-order valence-corrected chi connectivity index (χ1v) is 9.15. The van der Waals surface area contributed by atoms with Crippen LogP contribution in [0.3, 0.4) is 0 Å². The lowest BCUT2D eigenvalue weighted by molar-refractivity contribution is 0.0519. The van der Waals surface area contributed by atoms with Crippen molar-refractivity contribution in [2.75, 3.05) is 6.61 Å². The summed E-state index contributed by atoms with van der Waals surface area (Å²) >= 11 is 0. The second kappa shape index (κ2) is 7.23. The van der Waals surface area contributed by atoms with E-state index in [4.69, 9.17) is 9.15 Å². The van der Waals surface area contributed by atoms with Crippen LogP contribution >= 0.6 is 0 Å². The number of carbonyl (C=O) groups is 1. The monoisotopic (exact) mass is 354 g/mol. The molecule has 0 unspecified atom stereocenters. The number of aromatic nitrogens is 1. The number of H-pyrrole nitrogens is 1. The molecule has 0 bridgehead atoms. The fourth-order valence-corrected chi connectivity index (χ4v) is 4.33. The van der Waals surface area contributed by atoms with Crippen LogP contribution in [0.4, 0.5) is 0 Å². The Kier molecular flexibility index (Phi) is 5.51. The van der Waals surface area contributed by atoms with Crippen molar-refractivity contribution in [2.45, 2.75) is 45.1 Å². The highest BCUT2D eigenvalue weighted by atomic mass is 32.2. The van der Waals surface area contributed by atoms with Crippen LogP contribution in [0.1, 0.15) is 41.4 Å². The van der Waals surface area contributed by atoms with E-state index in [9.17, 15) is 13.2 Å². The summed E-state index contributed by atoms with van der Waals surface area (Å²) in [6, 6.07) is 3.18. The second-order valence-electron chi connectivity index (χ2n) is 5.61. The van der Waals surface area contributed by atoms with E-state index < -0.39 is 16.0 Å². The molecule has 0 aliphatic heterocycles. The summed E-state index contributed by atoms with van der Waals surface area (Å²) in [5.41, 5.74) is 0.908. The summed E-state index contributed by atoms with van der Waals surface area (Å²) in [6.07, 6.45) is 1.97. The van der Waals surface area contributed by atoms with Gasteiger partial charge in [-0.05, 0) is 39.8 Å². The van der Waals surface area contributed by atoms with Crippen molar-refractivity contribution in [2.24, 2.45) is 0 Å². The predicted molar refractivity (Wildman–Crippen MR) is 88.4 cm³/mol. The van der Waals surface area contributed by atoms with Gasteiger partial charge in [0, 0.05) is 23.7 Å². The molecule has 0 aromatic carbocycles. The predicted octanol–water partition coefficient (Wildman–Crippen LogP) is 2.31. The van der Waals surface area contributed by atoms with Gasteiger partial charge in [0.05, 0.1) is 12.9 Å². The highest BCUT2D eigenvalue weighted by Crippen LogP contribution is 2.24. The lowest BCUT2D eigenvalue weighted by Crippen LogP contribution is -2.34. The van der Waals surface area contributed by atoms with Crippen molar-refractivity contribution in [3.63, 3.8) is 0 Å². The summed E-state index contributed by atoms with van der Waals surface area (Å²) in [5.74, 6) is 0.128. The normalized spacial score (nSPS) is 13.0. The molecule has 7 nitrogen and oxygen atoms in total. The number of rotatable bonds is 7. The first-order chi connectivity index (χ1) is 11.3. The summed E-state index contributed by atoms with van der Waals surface area (Å²) < 4.78 is 38.2. The highest BCUT2D eigenvalue weighted by Gasteiger charge is 2.28. The number of esters is 1. The molecule has 0 radical (unpaired) electrons. The maximum absolute atomic E-state index is 12.7. The minimum absolute atomic E-state index is 0.0804. The quantitative estimate of drug-likeness (QED) is 0.743. The summed E-state index contributed by atoms with van der Waals surface area (Å²) in [7, 11) is -3.78. The van der Waals surface area contributed by atoms with Crippen molar-refractivity contribution >= 4 is 16.0 Å².